The maximum absolute atomic E-state index is 13.0. The molecule has 0 unspecified atom stereocenters. The Bertz CT molecular complexity index is 409. The van der Waals surface area contributed by atoms with Crippen LogP contribution >= 0.6 is 0 Å². The maximum atomic E-state index is 13.0. The summed E-state index contributed by atoms with van der Waals surface area (Å²) in [6.07, 6.45) is 9.26. The average molecular weight is 231 g/mol. The third kappa shape index (κ3) is 2.27. The highest BCUT2D eigenvalue weighted by atomic mass is 19.1. The Kier molecular flexibility index (Phi) is 2.75. The van der Waals surface area contributed by atoms with Crippen LogP contribution in [0.1, 0.15) is 31.2 Å². The molecular formula is C15H18FN. The Morgan fingerprint density at radius 1 is 1.12 bits per heavy atom. The average Bonchev–Trinajstić information content (AvgIpc) is 3.06. The summed E-state index contributed by atoms with van der Waals surface area (Å²) < 4.78 is 13.0. The van der Waals surface area contributed by atoms with E-state index in [0.717, 1.165) is 25.4 Å². The van der Waals surface area contributed by atoms with Crippen LogP contribution in [-0.4, -0.2) is 12.6 Å². The normalized spacial score (nSPS) is 21.9. The van der Waals surface area contributed by atoms with Crippen LogP contribution in [0.2, 0.25) is 0 Å². The minimum absolute atomic E-state index is 0.148. The van der Waals surface area contributed by atoms with Gasteiger partial charge in [-0.2, -0.15) is 0 Å². The topological polar surface area (TPSA) is 12.0 Å². The second-order valence-corrected chi connectivity index (χ2v) is 5.32. The number of allylic oxidation sites excluding steroid dienone is 2. The number of nitrogens with one attached hydrogen (secondary N) is 1. The zero-order chi connectivity index (χ0) is 11.7. The highest BCUT2D eigenvalue weighted by Crippen LogP contribution is 2.37. The predicted octanol–water partition coefficient (Wildman–Crippen LogP) is 3.17. The van der Waals surface area contributed by atoms with Gasteiger partial charge in [0, 0.05) is 18.0 Å². The molecule has 0 spiro atoms. The highest BCUT2D eigenvalue weighted by Gasteiger charge is 2.34. The van der Waals surface area contributed by atoms with Crippen molar-refractivity contribution in [2.45, 2.75) is 37.1 Å². The first kappa shape index (κ1) is 11.0. The van der Waals surface area contributed by atoms with Gasteiger partial charge in [-0.25, -0.2) is 4.39 Å². The van der Waals surface area contributed by atoms with Crippen molar-refractivity contribution in [3.05, 3.63) is 47.8 Å². The summed E-state index contributed by atoms with van der Waals surface area (Å²) in [6, 6.07) is 7.76. The molecule has 2 heteroatoms. The minimum Gasteiger partial charge on any atom is -0.313 e. The van der Waals surface area contributed by atoms with Crippen molar-refractivity contribution in [3.63, 3.8) is 0 Å². The van der Waals surface area contributed by atoms with Gasteiger partial charge in [-0.15, -0.1) is 0 Å². The number of benzene rings is 1. The van der Waals surface area contributed by atoms with E-state index in [1.165, 1.54) is 18.4 Å². The number of rotatable bonds is 4. The second-order valence-electron chi connectivity index (χ2n) is 5.32. The quantitative estimate of drug-likeness (QED) is 0.785. The Balaban J connectivity index is 1.79. The van der Waals surface area contributed by atoms with Gasteiger partial charge in [-0.1, -0.05) is 24.3 Å². The number of halogens is 1. The van der Waals surface area contributed by atoms with Gasteiger partial charge in [-0.3, -0.25) is 0 Å². The first-order chi connectivity index (χ1) is 8.28. The van der Waals surface area contributed by atoms with E-state index in [2.05, 4.69) is 17.5 Å². The number of hydrogen-bond donors (Lipinski definition) is 1. The van der Waals surface area contributed by atoms with E-state index in [-0.39, 0.29) is 11.2 Å². The van der Waals surface area contributed by atoms with Gasteiger partial charge in [0.15, 0.2) is 0 Å². The lowest BCUT2D eigenvalue weighted by Gasteiger charge is -2.30. The van der Waals surface area contributed by atoms with Crippen LogP contribution in [0.3, 0.4) is 0 Å². The lowest BCUT2D eigenvalue weighted by molar-refractivity contribution is 0.416. The fraction of sp³-hybridized carbons (Fsp3) is 0.467. The summed E-state index contributed by atoms with van der Waals surface area (Å²) in [4.78, 5) is 0. The van der Waals surface area contributed by atoms with E-state index < -0.39 is 0 Å². The minimum atomic E-state index is -0.148. The van der Waals surface area contributed by atoms with E-state index in [1.807, 2.05) is 12.1 Å². The van der Waals surface area contributed by atoms with Crippen LogP contribution in [-0.2, 0) is 5.41 Å². The Morgan fingerprint density at radius 3 is 2.35 bits per heavy atom. The molecule has 0 amide bonds. The molecule has 1 saturated carbocycles. The summed E-state index contributed by atoms with van der Waals surface area (Å²) in [5.74, 6) is -0.148. The number of hydrogen-bond acceptors (Lipinski definition) is 1. The summed E-state index contributed by atoms with van der Waals surface area (Å²) in [5, 5.41) is 3.62. The van der Waals surface area contributed by atoms with Gasteiger partial charge in [0.1, 0.15) is 5.82 Å². The zero-order valence-corrected chi connectivity index (χ0v) is 9.95. The van der Waals surface area contributed by atoms with Crippen LogP contribution in [0.25, 0.3) is 0 Å². The third-order valence-corrected chi connectivity index (χ3v) is 3.95. The smallest absolute Gasteiger partial charge is 0.123 e. The summed E-state index contributed by atoms with van der Waals surface area (Å²) in [7, 11) is 0. The van der Waals surface area contributed by atoms with Gasteiger partial charge in [0.2, 0.25) is 0 Å². The lowest BCUT2D eigenvalue weighted by atomic mass is 9.78. The van der Waals surface area contributed by atoms with E-state index in [9.17, 15) is 4.39 Å². The first-order valence-electron chi connectivity index (χ1n) is 6.43. The first-order valence-corrected chi connectivity index (χ1v) is 6.43. The molecule has 0 bridgehead atoms. The van der Waals surface area contributed by atoms with E-state index in [1.54, 1.807) is 12.1 Å². The third-order valence-electron chi connectivity index (χ3n) is 3.95. The zero-order valence-electron chi connectivity index (χ0n) is 9.95. The Labute approximate surface area is 102 Å². The SMILES string of the molecule is Fc1ccc(C2(CNC3CC3)CC=CC2)cc1. The molecule has 3 rings (SSSR count). The molecule has 0 atom stereocenters. The van der Waals surface area contributed by atoms with Crippen molar-refractivity contribution in [2.75, 3.05) is 6.54 Å². The van der Waals surface area contributed by atoms with Crippen LogP contribution < -0.4 is 5.32 Å². The van der Waals surface area contributed by atoms with Crippen LogP contribution in [0.5, 0.6) is 0 Å². The van der Waals surface area contributed by atoms with Crippen LogP contribution in [0.4, 0.5) is 4.39 Å². The van der Waals surface area contributed by atoms with Crippen LogP contribution in [0.15, 0.2) is 36.4 Å². The van der Waals surface area contributed by atoms with Crippen molar-refractivity contribution in [1.29, 1.82) is 0 Å². The molecular weight excluding hydrogens is 213 g/mol. The molecule has 17 heavy (non-hydrogen) atoms. The maximum Gasteiger partial charge on any atom is 0.123 e. The Hall–Kier alpha value is -1.15. The van der Waals surface area contributed by atoms with Gasteiger partial charge < -0.3 is 5.32 Å². The van der Waals surface area contributed by atoms with Crippen molar-refractivity contribution >= 4 is 0 Å². The second kappa shape index (κ2) is 4.26. The monoisotopic (exact) mass is 231 g/mol. The summed E-state index contributed by atoms with van der Waals surface area (Å²) in [5.41, 5.74) is 1.42. The predicted molar refractivity (Wildman–Crippen MR) is 67.5 cm³/mol. The van der Waals surface area contributed by atoms with E-state index >= 15 is 0 Å². The molecule has 0 radical (unpaired) electrons. The molecule has 1 aromatic rings. The van der Waals surface area contributed by atoms with Crippen molar-refractivity contribution < 1.29 is 4.39 Å². The van der Waals surface area contributed by atoms with E-state index in [4.69, 9.17) is 0 Å². The molecule has 1 fully saturated rings. The molecule has 2 aliphatic carbocycles. The summed E-state index contributed by atoms with van der Waals surface area (Å²) >= 11 is 0. The molecule has 1 nitrogen and oxygen atoms in total. The van der Waals surface area contributed by atoms with Crippen LogP contribution in [0, 0.1) is 5.82 Å². The fourth-order valence-corrected chi connectivity index (χ4v) is 2.61. The highest BCUT2D eigenvalue weighted by molar-refractivity contribution is 5.31. The molecule has 0 aliphatic heterocycles. The van der Waals surface area contributed by atoms with Gasteiger partial charge in [0.05, 0.1) is 0 Å². The molecule has 1 aromatic carbocycles. The van der Waals surface area contributed by atoms with Gasteiger partial charge >= 0.3 is 0 Å². The molecule has 90 valence electrons. The lowest BCUT2D eigenvalue weighted by Crippen LogP contribution is -2.37. The van der Waals surface area contributed by atoms with Gasteiger partial charge in [-0.05, 0) is 43.4 Å². The standard InChI is InChI=1S/C15H18FN/c16-13-5-3-12(4-6-13)15(9-1-2-10-15)11-17-14-7-8-14/h1-6,14,17H,7-11H2. The van der Waals surface area contributed by atoms with E-state index in [0.29, 0.717) is 0 Å². The van der Waals surface area contributed by atoms with Gasteiger partial charge in [0.25, 0.3) is 0 Å². The molecule has 0 aromatic heterocycles. The summed E-state index contributed by atoms with van der Waals surface area (Å²) in [6.45, 7) is 1.01. The molecule has 2 aliphatic rings. The fourth-order valence-electron chi connectivity index (χ4n) is 2.61. The molecule has 0 saturated heterocycles. The molecule has 1 N–H and O–H groups in total. The largest absolute Gasteiger partial charge is 0.313 e. The Morgan fingerprint density at radius 2 is 1.76 bits per heavy atom. The van der Waals surface area contributed by atoms with Crippen molar-refractivity contribution in [3.8, 4) is 0 Å². The molecule has 0 heterocycles. The van der Waals surface area contributed by atoms with Crippen molar-refractivity contribution in [1.82, 2.24) is 5.32 Å². The van der Waals surface area contributed by atoms with Crippen molar-refractivity contribution in [2.24, 2.45) is 0 Å².